The lowest BCUT2D eigenvalue weighted by molar-refractivity contribution is -0.121. The predicted molar refractivity (Wildman–Crippen MR) is 59.5 cm³/mol. The van der Waals surface area contributed by atoms with Gasteiger partial charge in [-0.2, -0.15) is 0 Å². The van der Waals surface area contributed by atoms with Crippen molar-refractivity contribution >= 4 is 11.9 Å². The first-order valence-corrected chi connectivity index (χ1v) is 4.93. The molecule has 0 aromatic heterocycles. The second-order valence-corrected chi connectivity index (χ2v) is 3.41. The zero-order valence-corrected chi connectivity index (χ0v) is 9.52. The molecule has 5 nitrogen and oxygen atoms in total. The van der Waals surface area contributed by atoms with Crippen LogP contribution in [0.4, 0.5) is 4.79 Å². The monoisotopic (exact) mass is 213 g/mol. The molecule has 0 heterocycles. The van der Waals surface area contributed by atoms with Crippen molar-refractivity contribution in [3.8, 4) is 0 Å². The van der Waals surface area contributed by atoms with Gasteiger partial charge in [-0.3, -0.25) is 10.1 Å². The topological polar surface area (TPSA) is 70.2 Å². The fourth-order valence-electron chi connectivity index (χ4n) is 0.845. The first kappa shape index (κ1) is 13.6. The van der Waals surface area contributed by atoms with E-state index in [1.807, 2.05) is 6.92 Å². The van der Waals surface area contributed by atoms with E-state index in [1.54, 1.807) is 13.8 Å². The third-order valence-electron chi connectivity index (χ3n) is 1.68. The minimum Gasteiger partial charge on any atom is -0.338 e. The van der Waals surface area contributed by atoms with Gasteiger partial charge in [0.2, 0.25) is 5.91 Å². The molecule has 0 aromatic carbocycles. The summed E-state index contributed by atoms with van der Waals surface area (Å²) in [6.45, 7) is 10.1. The molecule has 1 atom stereocenters. The molecule has 5 heteroatoms. The summed E-state index contributed by atoms with van der Waals surface area (Å²) >= 11 is 0. The van der Waals surface area contributed by atoms with Crippen molar-refractivity contribution in [3.05, 3.63) is 12.2 Å². The molecule has 15 heavy (non-hydrogen) atoms. The average Bonchev–Trinajstić information content (AvgIpc) is 2.14. The molecular weight excluding hydrogens is 194 g/mol. The van der Waals surface area contributed by atoms with Crippen molar-refractivity contribution in [2.75, 3.05) is 13.1 Å². The molecule has 0 saturated heterocycles. The second-order valence-electron chi connectivity index (χ2n) is 3.41. The van der Waals surface area contributed by atoms with E-state index in [4.69, 9.17) is 0 Å². The van der Waals surface area contributed by atoms with Gasteiger partial charge in [-0.1, -0.05) is 12.2 Å². The minimum absolute atomic E-state index is 0.345. The number of urea groups is 1. The summed E-state index contributed by atoms with van der Waals surface area (Å²) in [5, 5.41) is 7.64. The Kier molecular flexibility index (Phi) is 6.37. The Bertz CT molecular complexity index is 251. The number of hydrogen-bond acceptors (Lipinski definition) is 3. The Morgan fingerprint density at radius 1 is 1.40 bits per heavy atom. The highest BCUT2D eigenvalue weighted by molar-refractivity contribution is 5.96. The van der Waals surface area contributed by atoms with E-state index in [9.17, 15) is 9.59 Å². The molecule has 0 saturated carbocycles. The lowest BCUT2D eigenvalue weighted by Crippen LogP contribution is -2.48. The van der Waals surface area contributed by atoms with Crippen LogP contribution in [0.5, 0.6) is 0 Å². The largest absolute Gasteiger partial charge is 0.338 e. The molecule has 0 spiro atoms. The van der Waals surface area contributed by atoms with E-state index < -0.39 is 12.1 Å². The van der Waals surface area contributed by atoms with Gasteiger partial charge in [0.25, 0.3) is 0 Å². The molecule has 0 aliphatic rings. The number of amides is 3. The third kappa shape index (κ3) is 6.68. The highest BCUT2D eigenvalue weighted by Crippen LogP contribution is 1.87. The van der Waals surface area contributed by atoms with Gasteiger partial charge in [0.05, 0.1) is 6.04 Å². The summed E-state index contributed by atoms with van der Waals surface area (Å²) < 4.78 is 0. The Balaban J connectivity index is 3.88. The van der Waals surface area contributed by atoms with Crippen LogP contribution in [0.1, 0.15) is 20.8 Å². The van der Waals surface area contributed by atoms with Crippen LogP contribution >= 0.6 is 0 Å². The number of rotatable bonds is 5. The van der Waals surface area contributed by atoms with E-state index in [1.165, 1.54) is 0 Å². The fourth-order valence-corrected chi connectivity index (χ4v) is 0.845. The summed E-state index contributed by atoms with van der Waals surface area (Å²) in [4.78, 5) is 22.4. The van der Waals surface area contributed by atoms with Crippen LogP contribution < -0.4 is 16.0 Å². The van der Waals surface area contributed by atoms with Crippen LogP contribution in [0.2, 0.25) is 0 Å². The molecule has 0 fully saturated rings. The van der Waals surface area contributed by atoms with E-state index >= 15 is 0 Å². The molecule has 0 bridgehead atoms. The molecule has 0 aromatic rings. The Morgan fingerprint density at radius 3 is 2.47 bits per heavy atom. The van der Waals surface area contributed by atoms with Crippen LogP contribution in [0, 0.1) is 0 Å². The number of hydrogen-bond donors (Lipinski definition) is 3. The van der Waals surface area contributed by atoms with Gasteiger partial charge in [0.1, 0.15) is 0 Å². The summed E-state index contributed by atoms with van der Waals surface area (Å²) in [6, 6.07) is -0.879. The van der Waals surface area contributed by atoms with Crippen molar-refractivity contribution in [2.24, 2.45) is 0 Å². The van der Waals surface area contributed by atoms with Gasteiger partial charge in [0, 0.05) is 13.1 Å². The number of carbonyl (C=O) groups excluding carboxylic acids is 2. The van der Waals surface area contributed by atoms with Crippen molar-refractivity contribution in [1.82, 2.24) is 16.0 Å². The maximum Gasteiger partial charge on any atom is 0.321 e. The van der Waals surface area contributed by atoms with Crippen LogP contribution in [0.15, 0.2) is 12.2 Å². The minimum atomic E-state index is -0.466. The van der Waals surface area contributed by atoms with Crippen LogP contribution in [-0.4, -0.2) is 31.1 Å². The van der Waals surface area contributed by atoms with E-state index in [0.717, 1.165) is 5.57 Å². The molecule has 0 rings (SSSR count). The average molecular weight is 213 g/mol. The van der Waals surface area contributed by atoms with E-state index in [2.05, 4.69) is 22.5 Å². The molecule has 86 valence electrons. The fraction of sp³-hybridized carbons (Fsp3) is 0.600. The summed E-state index contributed by atoms with van der Waals surface area (Å²) in [5.74, 6) is -0.345. The zero-order chi connectivity index (χ0) is 11.8. The lowest BCUT2D eigenvalue weighted by Gasteiger charge is -2.13. The number of nitrogens with one attached hydrogen (secondary N) is 3. The van der Waals surface area contributed by atoms with Crippen LogP contribution in [0.3, 0.4) is 0 Å². The lowest BCUT2D eigenvalue weighted by atomic mass is 10.3. The normalized spacial score (nSPS) is 11.7. The molecule has 3 amide bonds. The van der Waals surface area contributed by atoms with E-state index in [-0.39, 0.29) is 5.91 Å². The van der Waals surface area contributed by atoms with Gasteiger partial charge in [0.15, 0.2) is 0 Å². The Morgan fingerprint density at radius 2 is 2.00 bits per heavy atom. The SMILES string of the molecule is C=C(C)CNC(C)C(=O)NC(=O)NCC. The summed E-state index contributed by atoms with van der Waals surface area (Å²) in [5.41, 5.74) is 0.938. The first-order valence-electron chi connectivity index (χ1n) is 4.93. The number of imide groups is 1. The zero-order valence-electron chi connectivity index (χ0n) is 9.52. The highest BCUT2D eigenvalue weighted by atomic mass is 16.2. The Hall–Kier alpha value is -1.36. The molecule has 0 aliphatic heterocycles. The van der Waals surface area contributed by atoms with Crippen LogP contribution in [-0.2, 0) is 4.79 Å². The van der Waals surface area contributed by atoms with E-state index in [0.29, 0.717) is 13.1 Å². The van der Waals surface area contributed by atoms with Crippen molar-refractivity contribution < 1.29 is 9.59 Å². The first-order chi connectivity index (χ1) is 6.97. The third-order valence-corrected chi connectivity index (χ3v) is 1.68. The standard InChI is InChI=1S/C10H19N3O2/c1-5-11-10(15)13-9(14)8(4)12-6-7(2)3/h8,12H,2,5-6H2,1,3-4H3,(H2,11,13,14,15). The van der Waals surface area contributed by atoms with Crippen molar-refractivity contribution in [2.45, 2.75) is 26.8 Å². The molecule has 1 unspecified atom stereocenters. The summed E-state index contributed by atoms with van der Waals surface area (Å²) in [7, 11) is 0. The maximum absolute atomic E-state index is 11.4. The van der Waals surface area contributed by atoms with Crippen LogP contribution in [0.25, 0.3) is 0 Å². The van der Waals surface area contributed by atoms with Gasteiger partial charge in [-0.15, -0.1) is 0 Å². The smallest absolute Gasteiger partial charge is 0.321 e. The number of carbonyl (C=O) groups is 2. The van der Waals surface area contributed by atoms with Crippen molar-refractivity contribution in [3.63, 3.8) is 0 Å². The predicted octanol–water partition coefficient (Wildman–Crippen LogP) is 0.386. The Labute approximate surface area is 90.3 Å². The summed E-state index contributed by atoms with van der Waals surface area (Å²) in [6.07, 6.45) is 0. The maximum atomic E-state index is 11.4. The van der Waals surface area contributed by atoms with Gasteiger partial charge in [-0.25, -0.2) is 4.79 Å². The molecule has 0 radical (unpaired) electrons. The van der Waals surface area contributed by atoms with Gasteiger partial charge in [-0.05, 0) is 20.8 Å². The van der Waals surface area contributed by atoms with Crippen molar-refractivity contribution in [1.29, 1.82) is 0 Å². The van der Waals surface area contributed by atoms with Gasteiger partial charge < -0.3 is 10.6 Å². The highest BCUT2D eigenvalue weighted by Gasteiger charge is 2.14. The molecular formula is C10H19N3O2. The second kappa shape index (κ2) is 7.00. The van der Waals surface area contributed by atoms with Gasteiger partial charge >= 0.3 is 6.03 Å². The quantitative estimate of drug-likeness (QED) is 0.578. The molecule has 0 aliphatic carbocycles. The molecule has 3 N–H and O–H groups in total.